The molecule has 17 heavy (non-hydrogen) atoms. The molecule has 0 aromatic carbocycles. The molecule has 1 aliphatic heterocycles. The summed E-state index contributed by atoms with van der Waals surface area (Å²) in [5, 5.41) is 0. The van der Waals surface area contributed by atoms with Gasteiger partial charge in [-0.2, -0.15) is 0 Å². The van der Waals surface area contributed by atoms with Crippen molar-refractivity contribution in [1.29, 1.82) is 0 Å². The summed E-state index contributed by atoms with van der Waals surface area (Å²) in [6.07, 6.45) is 2.45. The van der Waals surface area contributed by atoms with Crippen molar-refractivity contribution in [2.24, 2.45) is 5.73 Å². The largest absolute Gasteiger partial charge is 0.444 e. The normalized spacial score (nSPS) is 30.2. The summed E-state index contributed by atoms with van der Waals surface area (Å²) in [6, 6.07) is 0.579. The molecule has 4 nitrogen and oxygen atoms in total. The molecule has 2 N–H and O–H groups in total. The first kappa shape index (κ1) is 14.3. The zero-order valence-corrected chi connectivity index (χ0v) is 11.7. The van der Waals surface area contributed by atoms with E-state index < -0.39 is 5.60 Å². The lowest BCUT2D eigenvalue weighted by molar-refractivity contribution is -0.00549. The first-order valence-corrected chi connectivity index (χ1v) is 6.51. The van der Waals surface area contributed by atoms with Crippen molar-refractivity contribution < 1.29 is 9.53 Å². The van der Waals surface area contributed by atoms with E-state index in [0.717, 1.165) is 19.3 Å². The van der Waals surface area contributed by atoms with Crippen LogP contribution < -0.4 is 5.73 Å². The van der Waals surface area contributed by atoms with Crippen LogP contribution in [0.15, 0.2) is 0 Å². The van der Waals surface area contributed by atoms with Crippen LogP contribution in [0.1, 0.15) is 53.9 Å². The van der Waals surface area contributed by atoms with E-state index in [1.54, 1.807) is 0 Å². The third kappa shape index (κ3) is 3.87. The van der Waals surface area contributed by atoms with Crippen LogP contribution in [-0.2, 0) is 4.74 Å². The smallest absolute Gasteiger partial charge is 0.410 e. The van der Waals surface area contributed by atoms with Crippen LogP contribution in [0.2, 0.25) is 0 Å². The second-order valence-electron chi connectivity index (χ2n) is 6.03. The maximum atomic E-state index is 12.2. The molecule has 0 radical (unpaired) electrons. The molecule has 100 valence electrons. The standard InChI is InChI=1S/C13H26N2O2/c1-6-11-8-10(14)7-9(2)15(11)12(16)17-13(3,4)5/h9-11H,6-8,14H2,1-5H3. The Labute approximate surface area is 104 Å². The predicted molar refractivity (Wildman–Crippen MR) is 68.8 cm³/mol. The summed E-state index contributed by atoms with van der Waals surface area (Å²) in [7, 11) is 0. The highest BCUT2D eigenvalue weighted by molar-refractivity contribution is 5.69. The molecule has 1 heterocycles. The van der Waals surface area contributed by atoms with Crippen molar-refractivity contribution in [3.05, 3.63) is 0 Å². The Morgan fingerprint density at radius 3 is 2.47 bits per heavy atom. The molecule has 0 saturated carbocycles. The summed E-state index contributed by atoms with van der Waals surface area (Å²) in [5.74, 6) is 0. The van der Waals surface area contributed by atoms with Gasteiger partial charge in [-0.05, 0) is 47.0 Å². The van der Waals surface area contributed by atoms with Crippen LogP contribution in [0, 0.1) is 0 Å². The summed E-state index contributed by atoms with van der Waals surface area (Å²) >= 11 is 0. The monoisotopic (exact) mass is 242 g/mol. The molecule has 0 aromatic heterocycles. The fourth-order valence-corrected chi connectivity index (χ4v) is 2.48. The first-order valence-electron chi connectivity index (χ1n) is 6.51. The summed E-state index contributed by atoms with van der Waals surface area (Å²) in [4.78, 5) is 14.0. The number of rotatable bonds is 1. The van der Waals surface area contributed by atoms with Crippen molar-refractivity contribution in [2.45, 2.75) is 77.6 Å². The minimum absolute atomic E-state index is 0.165. The van der Waals surface area contributed by atoms with Gasteiger partial charge in [-0.3, -0.25) is 0 Å². The number of nitrogens with zero attached hydrogens (tertiary/aromatic N) is 1. The van der Waals surface area contributed by atoms with Gasteiger partial charge >= 0.3 is 6.09 Å². The molecule has 3 unspecified atom stereocenters. The molecule has 0 spiro atoms. The zero-order chi connectivity index (χ0) is 13.2. The maximum absolute atomic E-state index is 12.2. The summed E-state index contributed by atoms with van der Waals surface area (Å²) < 4.78 is 5.46. The number of piperidine rings is 1. The molecule has 0 aliphatic carbocycles. The van der Waals surface area contributed by atoms with Crippen molar-refractivity contribution >= 4 is 6.09 Å². The Kier molecular flexibility index (Phi) is 4.42. The number of ether oxygens (including phenoxy) is 1. The number of likely N-dealkylation sites (tertiary alicyclic amines) is 1. The first-order chi connectivity index (χ1) is 7.74. The van der Waals surface area contributed by atoms with E-state index in [1.165, 1.54) is 0 Å². The molecular weight excluding hydrogens is 216 g/mol. The SMILES string of the molecule is CCC1CC(N)CC(C)N1C(=O)OC(C)(C)C. The molecular formula is C13H26N2O2. The van der Waals surface area contributed by atoms with Crippen molar-refractivity contribution in [3.63, 3.8) is 0 Å². The third-order valence-corrected chi connectivity index (χ3v) is 3.16. The molecule has 1 saturated heterocycles. The molecule has 1 rings (SSSR count). The van der Waals surface area contributed by atoms with Gasteiger partial charge < -0.3 is 15.4 Å². The second-order valence-corrected chi connectivity index (χ2v) is 6.03. The zero-order valence-electron chi connectivity index (χ0n) is 11.7. The lowest BCUT2D eigenvalue weighted by Crippen LogP contribution is -2.55. The lowest BCUT2D eigenvalue weighted by atomic mass is 9.91. The number of amides is 1. The quantitative estimate of drug-likeness (QED) is 0.768. The predicted octanol–water partition coefficient (Wildman–Crippen LogP) is 2.51. The van der Waals surface area contributed by atoms with E-state index in [2.05, 4.69) is 6.92 Å². The molecule has 0 bridgehead atoms. The molecule has 0 aromatic rings. The van der Waals surface area contributed by atoms with Crippen molar-refractivity contribution in [3.8, 4) is 0 Å². The van der Waals surface area contributed by atoms with Gasteiger partial charge in [0.2, 0.25) is 0 Å². The maximum Gasteiger partial charge on any atom is 0.410 e. The van der Waals surface area contributed by atoms with Gasteiger partial charge in [-0.25, -0.2) is 4.79 Å². The molecule has 1 fully saturated rings. The van der Waals surface area contributed by atoms with E-state index in [4.69, 9.17) is 10.5 Å². The number of hydrogen-bond donors (Lipinski definition) is 1. The van der Waals surface area contributed by atoms with Crippen LogP contribution >= 0.6 is 0 Å². The Bertz CT molecular complexity index is 273. The summed E-state index contributed by atoms with van der Waals surface area (Å²) in [6.45, 7) is 9.82. The number of nitrogens with two attached hydrogens (primary N) is 1. The third-order valence-electron chi connectivity index (χ3n) is 3.16. The minimum Gasteiger partial charge on any atom is -0.444 e. The average molecular weight is 242 g/mol. The highest BCUT2D eigenvalue weighted by Gasteiger charge is 2.36. The van der Waals surface area contributed by atoms with E-state index in [9.17, 15) is 4.79 Å². The van der Waals surface area contributed by atoms with Crippen LogP contribution in [0.5, 0.6) is 0 Å². The van der Waals surface area contributed by atoms with Gasteiger partial charge in [0.05, 0.1) is 0 Å². The van der Waals surface area contributed by atoms with E-state index >= 15 is 0 Å². The molecule has 1 amide bonds. The van der Waals surface area contributed by atoms with Gasteiger partial charge in [-0.1, -0.05) is 6.92 Å². The lowest BCUT2D eigenvalue weighted by Gasteiger charge is -2.43. The van der Waals surface area contributed by atoms with Crippen LogP contribution in [-0.4, -0.2) is 34.7 Å². The highest BCUT2D eigenvalue weighted by Crippen LogP contribution is 2.26. The molecule has 4 heteroatoms. The highest BCUT2D eigenvalue weighted by atomic mass is 16.6. The summed E-state index contributed by atoms with van der Waals surface area (Å²) in [5.41, 5.74) is 5.57. The van der Waals surface area contributed by atoms with Gasteiger partial charge in [-0.15, -0.1) is 0 Å². The number of carbonyl (C=O) groups is 1. The van der Waals surface area contributed by atoms with Crippen LogP contribution in [0.25, 0.3) is 0 Å². The molecule has 3 atom stereocenters. The van der Waals surface area contributed by atoms with Gasteiger partial charge in [0, 0.05) is 18.1 Å². The minimum atomic E-state index is -0.436. The topological polar surface area (TPSA) is 55.6 Å². The van der Waals surface area contributed by atoms with Crippen molar-refractivity contribution in [1.82, 2.24) is 4.90 Å². The Morgan fingerprint density at radius 1 is 1.41 bits per heavy atom. The van der Waals surface area contributed by atoms with Crippen LogP contribution in [0.3, 0.4) is 0 Å². The second kappa shape index (κ2) is 5.25. The Balaban J connectivity index is 2.75. The average Bonchev–Trinajstić information content (AvgIpc) is 2.12. The van der Waals surface area contributed by atoms with E-state index in [0.29, 0.717) is 0 Å². The Morgan fingerprint density at radius 2 is 2.00 bits per heavy atom. The van der Waals surface area contributed by atoms with Crippen LogP contribution in [0.4, 0.5) is 4.79 Å². The van der Waals surface area contributed by atoms with E-state index in [1.807, 2.05) is 32.6 Å². The number of carbonyl (C=O) groups excluding carboxylic acids is 1. The Hall–Kier alpha value is -0.770. The fourth-order valence-electron chi connectivity index (χ4n) is 2.48. The van der Waals surface area contributed by atoms with Gasteiger partial charge in [0.25, 0.3) is 0 Å². The van der Waals surface area contributed by atoms with E-state index in [-0.39, 0.29) is 24.2 Å². The fraction of sp³-hybridized carbons (Fsp3) is 0.923. The van der Waals surface area contributed by atoms with Gasteiger partial charge in [0.1, 0.15) is 5.60 Å². The molecule has 1 aliphatic rings. The van der Waals surface area contributed by atoms with Crippen molar-refractivity contribution in [2.75, 3.05) is 0 Å². The number of hydrogen-bond acceptors (Lipinski definition) is 3. The van der Waals surface area contributed by atoms with Gasteiger partial charge in [0.15, 0.2) is 0 Å².